The topological polar surface area (TPSA) is 53.4 Å². The fourth-order valence-electron chi connectivity index (χ4n) is 5.99. The Hall–Kier alpha value is -2.34. The Labute approximate surface area is 185 Å². The highest BCUT2D eigenvalue weighted by Crippen LogP contribution is 2.48. The van der Waals surface area contributed by atoms with Gasteiger partial charge >= 0.3 is 6.03 Å². The lowest BCUT2D eigenvalue weighted by molar-refractivity contribution is 0.0247. The van der Waals surface area contributed by atoms with E-state index >= 15 is 0 Å². The summed E-state index contributed by atoms with van der Waals surface area (Å²) in [6.07, 6.45) is 8.06. The van der Waals surface area contributed by atoms with E-state index < -0.39 is 0 Å². The third kappa shape index (κ3) is 3.98. The van der Waals surface area contributed by atoms with E-state index in [1.807, 2.05) is 11.1 Å². The molecule has 6 heteroatoms. The number of hydrogen-bond donors (Lipinski definition) is 1. The molecule has 6 nitrogen and oxygen atoms in total. The van der Waals surface area contributed by atoms with E-state index in [0.29, 0.717) is 12.0 Å². The largest absolute Gasteiger partial charge is 0.335 e. The molecule has 2 amide bonds. The summed E-state index contributed by atoms with van der Waals surface area (Å²) >= 11 is 0. The number of likely N-dealkylation sites (N-methyl/N-ethyl adjacent to an activating group) is 1. The Morgan fingerprint density at radius 3 is 2.61 bits per heavy atom. The van der Waals surface area contributed by atoms with Crippen molar-refractivity contribution in [1.82, 2.24) is 24.7 Å². The van der Waals surface area contributed by atoms with Crippen LogP contribution in [0.3, 0.4) is 0 Å². The summed E-state index contributed by atoms with van der Waals surface area (Å²) < 4.78 is 2.38. The molecule has 166 valence electrons. The average molecular weight is 422 g/mol. The molecule has 3 heterocycles. The van der Waals surface area contributed by atoms with Crippen LogP contribution in [0.4, 0.5) is 4.79 Å². The third-order valence-corrected chi connectivity index (χ3v) is 7.63. The van der Waals surface area contributed by atoms with Crippen LogP contribution in [0.2, 0.25) is 0 Å². The van der Waals surface area contributed by atoms with Crippen molar-refractivity contribution in [3.8, 4) is 0 Å². The number of carbonyl (C=O) groups is 1. The van der Waals surface area contributed by atoms with Gasteiger partial charge < -0.3 is 19.7 Å². The number of likely N-dealkylation sites (tertiary alicyclic amines) is 2. The van der Waals surface area contributed by atoms with E-state index in [2.05, 4.69) is 59.1 Å². The Morgan fingerprint density at radius 2 is 1.87 bits per heavy atom. The highest BCUT2D eigenvalue weighted by molar-refractivity contribution is 5.75. The van der Waals surface area contributed by atoms with Gasteiger partial charge in [-0.2, -0.15) is 0 Å². The molecule has 3 aliphatic rings. The first-order chi connectivity index (χ1) is 15.0. The minimum atomic E-state index is 0.116. The first kappa shape index (κ1) is 20.6. The second kappa shape index (κ2) is 8.30. The Bertz CT molecular complexity index is 911. The number of carbonyl (C=O) groups excluding carboxylic acids is 1. The second-order valence-electron chi connectivity index (χ2n) is 10.1. The molecular formula is C25H35N5O. The summed E-state index contributed by atoms with van der Waals surface area (Å²) in [7, 11) is 2.20. The first-order valence-corrected chi connectivity index (χ1v) is 11.8. The lowest BCUT2D eigenvalue weighted by Crippen LogP contribution is -2.64. The van der Waals surface area contributed by atoms with Gasteiger partial charge in [0.15, 0.2) is 0 Å². The molecule has 1 saturated carbocycles. The van der Waals surface area contributed by atoms with Gasteiger partial charge in [-0.25, -0.2) is 9.78 Å². The standard InChI is InChI=1S/C25H35N5O/c1-19-13-26-23(30(19)14-20-9-5-3-6-10-20)22-15-28(2)16-25(22)17-29(18-25)24(31)27-21-11-7-4-8-12-21/h3,5-6,9-10,13,21-22H,4,7-8,11-12,14-18H2,1-2H3,(H,27,31). The Balaban J connectivity index is 1.31. The number of aryl methyl sites for hydroxylation is 1. The Morgan fingerprint density at radius 1 is 1.13 bits per heavy atom. The maximum absolute atomic E-state index is 12.9. The first-order valence-electron chi connectivity index (χ1n) is 11.8. The van der Waals surface area contributed by atoms with Crippen molar-refractivity contribution < 1.29 is 4.79 Å². The van der Waals surface area contributed by atoms with E-state index in [0.717, 1.165) is 45.6 Å². The summed E-state index contributed by atoms with van der Waals surface area (Å²) in [5, 5.41) is 3.29. The van der Waals surface area contributed by atoms with Gasteiger partial charge in [-0.15, -0.1) is 0 Å². The highest BCUT2D eigenvalue weighted by atomic mass is 16.2. The zero-order valence-electron chi connectivity index (χ0n) is 18.9. The van der Waals surface area contributed by atoms with Gasteiger partial charge in [0, 0.05) is 62.0 Å². The van der Waals surface area contributed by atoms with E-state index in [9.17, 15) is 4.79 Å². The number of aromatic nitrogens is 2. The number of hydrogen-bond acceptors (Lipinski definition) is 3. The maximum atomic E-state index is 12.9. The van der Waals surface area contributed by atoms with Gasteiger partial charge in [0.05, 0.1) is 0 Å². The van der Waals surface area contributed by atoms with Crippen molar-refractivity contribution in [1.29, 1.82) is 0 Å². The average Bonchev–Trinajstić information content (AvgIpc) is 3.28. The van der Waals surface area contributed by atoms with Crippen LogP contribution < -0.4 is 5.32 Å². The number of imidazole rings is 1. The van der Waals surface area contributed by atoms with Crippen molar-refractivity contribution in [3.05, 3.63) is 53.6 Å². The molecule has 0 bridgehead atoms. The lowest BCUT2D eigenvalue weighted by atomic mass is 9.71. The van der Waals surface area contributed by atoms with Crippen molar-refractivity contribution in [2.24, 2.45) is 5.41 Å². The second-order valence-corrected chi connectivity index (χ2v) is 10.1. The van der Waals surface area contributed by atoms with Crippen LogP contribution in [-0.2, 0) is 6.54 Å². The fourth-order valence-corrected chi connectivity index (χ4v) is 5.99. The van der Waals surface area contributed by atoms with Crippen LogP contribution in [0.15, 0.2) is 36.5 Å². The van der Waals surface area contributed by atoms with E-state index in [4.69, 9.17) is 4.98 Å². The van der Waals surface area contributed by atoms with Crippen molar-refractivity contribution in [3.63, 3.8) is 0 Å². The zero-order chi connectivity index (χ0) is 21.4. The molecule has 2 aromatic rings. The molecule has 2 aliphatic heterocycles. The molecule has 1 aromatic heterocycles. The summed E-state index contributed by atoms with van der Waals surface area (Å²) in [6.45, 7) is 6.70. The van der Waals surface area contributed by atoms with Crippen LogP contribution in [0.25, 0.3) is 0 Å². The van der Waals surface area contributed by atoms with E-state index in [1.165, 1.54) is 36.3 Å². The molecule has 1 aliphatic carbocycles. The monoisotopic (exact) mass is 421 g/mol. The van der Waals surface area contributed by atoms with Crippen LogP contribution >= 0.6 is 0 Å². The number of nitrogens with one attached hydrogen (secondary N) is 1. The number of rotatable bonds is 4. The van der Waals surface area contributed by atoms with Crippen LogP contribution in [0, 0.1) is 12.3 Å². The predicted molar refractivity (Wildman–Crippen MR) is 122 cm³/mol. The minimum absolute atomic E-state index is 0.116. The summed E-state index contributed by atoms with van der Waals surface area (Å²) in [6, 6.07) is 11.1. The van der Waals surface area contributed by atoms with Crippen molar-refractivity contribution in [2.75, 3.05) is 33.2 Å². The van der Waals surface area contributed by atoms with Crippen LogP contribution in [-0.4, -0.2) is 64.7 Å². The molecule has 1 aromatic carbocycles. The molecule has 1 unspecified atom stereocenters. The molecule has 0 radical (unpaired) electrons. The molecule has 1 spiro atoms. The minimum Gasteiger partial charge on any atom is -0.335 e. The SMILES string of the molecule is Cc1cnc(C2CN(C)CC23CN(C(=O)NC2CCCCC2)C3)n1Cc1ccccc1. The summed E-state index contributed by atoms with van der Waals surface area (Å²) in [5.41, 5.74) is 2.62. The van der Waals surface area contributed by atoms with E-state index in [-0.39, 0.29) is 11.4 Å². The molecule has 5 rings (SSSR count). The fraction of sp³-hybridized carbons (Fsp3) is 0.600. The van der Waals surface area contributed by atoms with Gasteiger partial charge in [-0.1, -0.05) is 49.6 Å². The molecule has 31 heavy (non-hydrogen) atoms. The van der Waals surface area contributed by atoms with Gasteiger partial charge in [0.2, 0.25) is 0 Å². The normalized spacial score (nSPS) is 23.8. The van der Waals surface area contributed by atoms with Crippen molar-refractivity contribution in [2.45, 2.75) is 57.5 Å². The number of benzene rings is 1. The third-order valence-electron chi connectivity index (χ3n) is 7.63. The van der Waals surface area contributed by atoms with Gasteiger partial charge in [0.1, 0.15) is 5.82 Å². The molecule has 3 fully saturated rings. The quantitative estimate of drug-likeness (QED) is 0.821. The summed E-state index contributed by atoms with van der Waals surface area (Å²) in [5.74, 6) is 1.53. The molecule has 1 atom stereocenters. The maximum Gasteiger partial charge on any atom is 0.317 e. The van der Waals surface area contributed by atoms with E-state index in [1.54, 1.807) is 0 Å². The van der Waals surface area contributed by atoms with Crippen LogP contribution in [0.5, 0.6) is 0 Å². The van der Waals surface area contributed by atoms with Crippen LogP contribution in [0.1, 0.15) is 55.1 Å². The molecule has 2 saturated heterocycles. The zero-order valence-corrected chi connectivity index (χ0v) is 18.9. The lowest BCUT2D eigenvalue weighted by Gasteiger charge is -2.51. The molecular weight excluding hydrogens is 386 g/mol. The Kier molecular flexibility index (Phi) is 5.51. The van der Waals surface area contributed by atoms with Gasteiger partial charge in [-0.3, -0.25) is 0 Å². The molecule has 1 N–H and O–H groups in total. The van der Waals surface area contributed by atoms with Gasteiger partial charge in [-0.05, 0) is 32.4 Å². The van der Waals surface area contributed by atoms with Crippen molar-refractivity contribution >= 4 is 6.03 Å². The number of amides is 2. The summed E-state index contributed by atoms with van der Waals surface area (Å²) in [4.78, 5) is 22.2. The predicted octanol–water partition coefficient (Wildman–Crippen LogP) is 3.61. The highest BCUT2D eigenvalue weighted by Gasteiger charge is 2.56. The number of urea groups is 1. The van der Waals surface area contributed by atoms with Gasteiger partial charge in [0.25, 0.3) is 0 Å². The number of nitrogens with zero attached hydrogens (tertiary/aromatic N) is 4. The smallest absolute Gasteiger partial charge is 0.317 e.